The Kier molecular flexibility index (Phi) is 4.18. The molecule has 4 heteroatoms. The minimum atomic E-state index is -0.234. The zero-order valence-electron chi connectivity index (χ0n) is 7.78. The van der Waals surface area contributed by atoms with Crippen molar-refractivity contribution in [3.05, 3.63) is 0 Å². The van der Waals surface area contributed by atoms with Crippen molar-refractivity contribution in [3.8, 4) is 0 Å². The first-order valence-corrected chi connectivity index (χ1v) is 4.80. The third kappa shape index (κ3) is 3.32. The molecule has 1 fully saturated rings. The van der Waals surface area contributed by atoms with E-state index in [1.807, 2.05) is 0 Å². The predicted octanol–water partition coefficient (Wildman–Crippen LogP) is -0.258. The van der Waals surface area contributed by atoms with Crippen LogP contribution in [0.5, 0.6) is 0 Å². The molecule has 1 heterocycles. The number of likely N-dealkylation sites (tertiary alicyclic amines) is 1. The van der Waals surface area contributed by atoms with Gasteiger partial charge in [0.1, 0.15) is 0 Å². The molecular formula is C9H17NO3. The number of aliphatic hydroxyl groups is 2. The van der Waals surface area contributed by atoms with E-state index >= 15 is 0 Å². The summed E-state index contributed by atoms with van der Waals surface area (Å²) < 4.78 is 0. The van der Waals surface area contributed by atoms with Crippen LogP contribution < -0.4 is 0 Å². The average molecular weight is 187 g/mol. The average Bonchev–Trinajstić information content (AvgIpc) is 2.15. The maximum Gasteiger partial charge on any atom is 0.222 e. The van der Waals surface area contributed by atoms with E-state index in [1.54, 1.807) is 4.90 Å². The fraction of sp³-hybridized carbons (Fsp3) is 0.889. The van der Waals surface area contributed by atoms with Gasteiger partial charge in [-0.1, -0.05) is 0 Å². The van der Waals surface area contributed by atoms with E-state index in [4.69, 9.17) is 5.11 Å². The van der Waals surface area contributed by atoms with Crippen LogP contribution in [0.15, 0.2) is 0 Å². The first kappa shape index (κ1) is 10.5. The summed E-state index contributed by atoms with van der Waals surface area (Å²) in [6.07, 6.45) is 2.10. The normalized spacial score (nSPS) is 19.1. The molecule has 0 bridgehead atoms. The van der Waals surface area contributed by atoms with Gasteiger partial charge in [0.05, 0.1) is 6.10 Å². The van der Waals surface area contributed by atoms with E-state index in [1.165, 1.54) is 0 Å². The highest BCUT2D eigenvalue weighted by Gasteiger charge is 2.20. The van der Waals surface area contributed by atoms with Gasteiger partial charge in [-0.05, 0) is 19.3 Å². The lowest BCUT2D eigenvalue weighted by Gasteiger charge is -2.29. The number of hydrogen-bond acceptors (Lipinski definition) is 3. The first-order valence-electron chi connectivity index (χ1n) is 4.80. The number of carbonyl (C=O) groups is 1. The molecule has 0 unspecified atom stereocenters. The second-order valence-electron chi connectivity index (χ2n) is 3.44. The highest BCUT2D eigenvalue weighted by molar-refractivity contribution is 5.76. The van der Waals surface area contributed by atoms with Crippen molar-refractivity contribution in [1.29, 1.82) is 0 Å². The van der Waals surface area contributed by atoms with Crippen molar-refractivity contribution >= 4 is 5.91 Å². The third-order valence-corrected chi connectivity index (χ3v) is 2.37. The fourth-order valence-electron chi connectivity index (χ4n) is 1.50. The molecule has 1 saturated heterocycles. The largest absolute Gasteiger partial charge is 0.396 e. The topological polar surface area (TPSA) is 60.8 Å². The van der Waals surface area contributed by atoms with Crippen LogP contribution in [0.2, 0.25) is 0 Å². The van der Waals surface area contributed by atoms with Gasteiger partial charge in [-0.25, -0.2) is 0 Å². The van der Waals surface area contributed by atoms with Gasteiger partial charge in [0, 0.05) is 26.1 Å². The van der Waals surface area contributed by atoms with Crippen LogP contribution in [0.1, 0.15) is 25.7 Å². The molecule has 0 aromatic rings. The van der Waals surface area contributed by atoms with Crippen LogP contribution >= 0.6 is 0 Å². The molecule has 2 N–H and O–H groups in total. The van der Waals surface area contributed by atoms with Gasteiger partial charge in [0.25, 0.3) is 0 Å². The van der Waals surface area contributed by atoms with E-state index in [0.717, 1.165) is 0 Å². The Hall–Kier alpha value is -0.610. The maximum atomic E-state index is 11.4. The number of rotatable bonds is 3. The lowest BCUT2D eigenvalue weighted by atomic mass is 10.1. The van der Waals surface area contributed by atoms with Crippen LogP contribution in [-0.2, 0) is 4.79 Å². The highest BCUT2D eigenvalue weighted by Crippen LogP contribution is 2.11. The molecule has 1 rings (SSSR count). The van der Waals surface area contributed by atoms with Crippen LogP contribution in [0.4, 0.5) is 0 Å². The molecule has 0 aromatic heterocycles. The summed E-state index contributed by atoms with van der Waals surface area (Å²) in [6.45, 7) is 1.39. The van der Waals surface area contributed by atoms with Crippen molar-refractivity contribution in [2.45, 2.75) is 31.8 Å². The molecule has 1 aliphatic rings. The minimum Gasteiger partial charge on any atom is -0.396 e. The molecule has 1 aliphatic heterocycles. The van der Waals surface area contributed by atoms with Gasteiger partial charge < -0.3 is 15.1 Å². The molecule has 1 amide bonds. The summed E-state index contributed by atoms with van der Waals surface area (Å²) in [5.41, 5.74) is 0. The standard InChI is InChI=1S/C9H17NO3/c11-7-1-2-9(13)10-5-3-8(12)4-6-10/h8,11-12H,1-7H2. The molecule has 0 atom stereocenters. The number of nitrogens with zero attached hydrogens (tertiary/aromatic N) is 1. The lowest BCUT2D eigenvalue weighted by Crippen LogP contribution is -2.40. The Morgan fingerprint density at radius 3 is 2.54 bits per heavy atom. The van der Waals surface area contributed by atoms with Crippen LogP contribution in [0, 0.1) is 0 Å². The molecule has 4 nitrogen and oxygen atoms in total. The monoisotopic (exact) mass is 187 g/mol. The Balaban J connectivity index is 2.23. The molecule has 0 aromatic carbocycles. The van der Waals surface area contributed by atoms with Gasteiger partial charge in [-0.15, -0.1) is 0 Å². The third-order valence-electron chi connectivity index (χ3n) is 2.37. The van der Waals surface area contributed by atoms with E-state index in [0.29, 0.717) is 38.8 Å². The summed E-state index contributed by atoms with van der Waals surface area (Å²) in [5.74, 6) is 0.0981. The van der Waals surface area contributed by atoms with E-state index in [-0.39, 0.29) is 18.6 Å². The summed E-state index contributed by atoms with van der Waals surface area (Å²) in [7, 11) is 0. The van der Waals surface area contributed by atoms with Gasteiger partial charge in [-0.3, -0.25) is 4.79 Å². The fourth-order valence-corrected chi connectivity index (χ4v) is 1.50. The molecule has 76 valence electrons. The number of piperidine rings is 1. The van der Waals surface area contributed by atoms with E-state index in [2.05, 4.69) is 0 Å². The predicted molar refractivity (Wildman–Crippen MR) is 48.1 cm³/mol. The molecule has 0 saturated carbocycles. The van der Waals surface area contributed by atoms with Gasteiger partial charge in [0.15, 0.2) is 0 Å². The molecule has 0 aliphatic carbocycles. The molecule has 13 heavy (non-hydrogen) atoms. The summed E-state index contributed by atoms with van der Waals surface area (Å²) in [4.78, 5) is 13.2. The summed E-state index contributed by atoms with van der Waals surface area (Å²) >= 11 is 0. The van der Waals surface area contributed by atoms with Crippen molar-refractivity contribution in [1.82, 2.24) is 4.90 Å². The number of amides is 1. The SMILES string of the molecule is O=C(CCCO)N1CCC(O)CC1. The maximum absolute atomic E-state index is 11.4. The summed E-state index contributed by atoms with van der Waals surface area (Å²) in [6, 6.07) is 0. The van der Waals surface area contributed by atoms with Gasteiger partial charge in [-0.2, -0.15) is 0 Å². The Morgan fingerprint density at radius 1 is 1.38 bits per heavy atom. The molecule has 0 radical (unpaired) electrons. The molecule has 0 spiro atoms. The highest BCUT2D eigenvalue weighted by atomic mass is 16.3. The van der Waals surface area contributed by atoms with Crippen molar-refractivity contribution in [2.24, 2.45) is 0 Å². The van der Waals surface area contributed by atoms with Crippen LogP contribution in [0.3, 0.4) is 0 Å². The first-order chi connectivity index (χ1) is 6.24. The van der Waals surface area contributed by atoms with Crippen molar-refractivity contribution in [3.63, 3.8) is 0 Å². The number of carbonyl (C=O) groups excluding carboxylic acids is 1. The Labute approximate surface area is 78.2 Å². The number of aliphatic hydroxyl groups excluding tert-OH is 2. The minimum absolute atomic E-state index is 0.0716. The van der Waals surface area contributed by atoms with Crippen LogP contribution in [0.25, 0.3) is 0 Å². The zero-order valence-corrected chi connectivity index (χ0v) is 7.78. The second-order valence-corrected chi connectivity index (χ2v) is 3.44. The van der Waals surface area contributed by atoms with Crippen LogP contribution in [-0.4, -0.2) is 46.8 Å². The number of hydrogen-bond donors (Lipinski definition) is 2. The smallest absolute Gasteiger partial charge is 0.222 e. The van der Waals surface area contributed by atoms with Gasteiger partial charge >= 0.3 is 0 Å². The lowest BCUT2D eigenvalue weighted by molar-refractivity contribution is -0.133. The second kappa shape index (κ2) is 5.19. The Bertz CT molecular complexity index is 164. The van der Waals surface area contributed by atoms with E-state index in [9.17, 15) is 9.90 Å². The summed E-state index contributed by atoms with van der Waals surface area (Å²) in [5, 5.41) is 17.8. The van der Waals surface area contributed by atoms with Crippen molar-refractivity contribution in [2.75, 3.05) is 19.7 Å². The van der Waals surface area contributed by atoms with E-state index < -0.39 is 0 Å². The zero-order chi connectivity index (χ0) is 9.68. The molecular weight excluding hydrogens is 170 g/mol. The Morgan fingerprint density at radius 2 is 2.00 bits per heavy atom. The quantitative estimate of drug-likeness (QED) is 0.640. The van der Waals surface area contributed by atoms with Crippen molar-refractivity contribution < 1.29 is 15.0 Å². The van der Waals surface area contributed by atoms with Gasteiger partial charge in [0.2, 0.25) is 5.91 Å².